The third-order valence-corrected chi connectivity index (χ3v) is 14.2. The number of likely N-dealkylation sites (N-methyl/N-ethyl adjacent to an activating group) is 1. The standard InChI is InChI=1S/C57H58N6O8/c1-56(2)44-29-34(18-26-46(44)63(7)57(56)33-59-52-39-15-9-8-14-35(39)20-27-47(52)71-57)13-12-17-50(64)58-28-11-10-16-45(55(68)69)60-53(65)36-19-23-40(43(30-36)54(66)67)51-41-24-21-37(61(3)4)31-48(41)70-49-32-38(62(5)6)22-25-42(49)51/h8-9,14-15,18-27,29-33,45H,10-13,16-17,28H2,1-7H3,(H3-,58,60,64,65,66,67,68,69)/p+1. The predicted octanol–water partition coefficient (Wildman–Crippen LogP) is 8.86. The lowest BCUT2D eigenvalue weighted by molar-refractivity contribution is -0.139. The lowest BCUT2D eigenvalue weighted by Gasteiger charge is -2.45. The summed E-state index contributed by atoms with van der Waals surface area (Å²) in [6.07, 6.45) is 4.65. The number of nitrogens with zero attached hydrogens (tertiary/aromatic N) is 4. The monoisotopic (exact) mass is 955 g/mol. The van der Waals surface area contributed by atoms with Crippen molar-refractivity contribution < 1.29 is 38.5 Å². The van der Waals surface area contributed by atoms with E-state index >= 15 is 0 Å². The predicted molar refractivity (Wildman–Crippen MR) is 279 cm³/mol. The molecule has 3 heterocycles. The quantitative estimate of drug-likeness (QED) is 0.0441. The zero-order valence-electron chi connectivity index (χ0n) is 41.1. The molecular weight excluding hydrogens is 897 g/mol. The molecule has 14 heteroatoms. The van der Waals surface area contributed by atoms with Gasteiger partial charge in [0.25, 0.3) is 5.91 Å². The fourth-order valence-electron chi connectivity index (χ4n) is 10.1. The first kappa shape index (κ1) is 48.0. The molecule has 1 aliphatic carbocycles. The van der Waals surface area contributed by atoms with Crippen LogP contribution in [0.2, 0.25) is 0 Å². The maximum atomic E-state index is 13.6. The van der Waals surface area contributed by atoms with Gasteiger partial charge in [-0.1, -0.05) is 48.5 Å². The summed E-state index contributed by atoms with van der Waals surface area (Å²) in [5.74, 6) is -1.96. The molecule has 0 saturated carbocycles. The lowest BCUT2D eigenvalue weighted by atomic mass is 9.77. The van der Waals surface area contributed by atoms with Crippen LogP contribution in [0.3, 0.4) is 0 Å². The Balaban J connectivity index is 0.790. The molecule has 0 saturated heterocycles. The van der Waals surface area contributed by atoms with Gasteiger partial charge in [0.2, 0.25) is 17.0 Å². The number of aliphatic imine (C=N–C) groups is 1. The molecule has 4 N–H and O–H groups in total. The minimum Gasteiger partial charge on any atom is -0.480 e. The average molecular weight is 956 g/mol. The second kappa shape index (κ2) is 19.1. The van der Waals surface area contributed by atoms with Crippen LogP contribution >= 0.6 is 0 Å². The number of carboxylic acids is 2. The molecule has 4 aliphatic rings. The van der Waals surface area contributed by atoms with Crippen LogP contribution in [0, 0.1) is 0 Å². The smallest absolute Gasteiger partial charge is 0.336 e. The van der Waals surface area contributed by atoms with E-state index in [0.717, 1.165) is 50.1 Å². The molecule has 14 nitrogen and oxygen atoms in total. The number of carboxylic acid groups (broad SMARTS) is 2. The van der Waals surface area contributed by atoms with Crippen molar-refractivity contribution in [1.82, 2.24) is 15.2 Å². The maximum Gasteiger partial charge on any atom is 0.336 e. The fraction of sp³-hybridized carbons (Fsp3) is 0.298. The van der Waals surface area contributed by atoms with Gasteiger partial charge in [0, 0.05) is 85.1 Å². The van der Waals surface area contributed by atoms with Crippen LogP contribution in [0.4, 0.5) is 17.1 Å². The number of anilines is 2. The SMILES string of the molecule is CN(C)c1ccc2c(-c3ccc(C(=O)NC(CCCCNC(=O)CCCc4ccc5c(c4)C(C)(C)C4(C=Nc6c(ccc7ccccc67)O4)N5C)C(=O)O)cc3C(=O)O)c3ccc(=[N+](C)C)cc-3oc2c1. The van der Waals surface area contributed by atoms with Gasteiger partial charge in [0.15, 0.2) is 0 Å². The van der Waals surface area contributed by atoms with Gasteiger partial charge < -0.3 is 39.8 Å². The summed E-state index contributed by atoms with van der Waals surface area (Å²) in [6, 6.07) is 33.3. The molecule has 0 bridgehead atoms. The molecule has 3 aliphatic heterocycles. The van der Waals surface area contributed by atoms with E-state index in [2.05, 4.69) is 65.8 Å². The Morgan fingerprint density at radius 1 is 0.845 bits per heavy atom. The number of aliphatic carboxylic acids is 1. The largest absolute Gasteiger partial charge is 0.480 e. The lowest BCUT2D eigenvalue weighted by Crippen LogP contribution is -2.61. The van der Waals surface area contributed by atoms with Gasteiger partial charge in [-0.2, -0.15) is 0 Å². The normalized spacial score (nSPS) is 15.8. The molecule has 5 aromatic rings. The Morgan fingerprint density at radius 3 is 2.39 bits per heavy atom. The summed E-state index contributed by atoms with van der Waals surface area (Å²) in [6.45, 7) is 4.72. The van der Waals surface area contributed by atoms with E-state index in [1.165, 1.54) is 12.1 Å². The van der Waals surface area contributed by atoms with E-state index in [9.17, 15) is 29.4 Å². The first-order chi connectivity index (χ1) is 34.0. The summed E-state index contributed by atoms with van der Waals surface area (Å²) in [4.78, 5) is 60.8. The third-order valence-electron chi connectivity index (χ3n) is 14.2. The second-order valence-corrected chi connectivity index (χ2v) is 19.5. The van der Waals surface area contributed by atoms with Crippen molar-refractivity contribution in [2.75, 3.05) is 51.6 Å². The molecule has 71 heavy (non-hydrogen) atoms. The summed E-state index contributed by atoms with van der Waals surface area (Å²) in [5, 5.41) is 29.9. The van der Waals surface area contributed by atoms with Crippen molar-refractivity contribution in [3.8, 4) is 28.2 Å². The number of aryl methyl sites for hydroxylation is 1. The van der Waals surface area contributed by atoms with E-state index < -0.39 is 35.0 Å². The number of ether oxygens (including phenoxy) is 1. The summed E-state index contributed by atoms with van der Waals surface area (Å²) >= 11 is 0. The first-order valence-electron chi connectivity index (χ1n) is 24.0. The van der Waals surface area contributed by atoms with Gasteiger partial charge in [0.1, 0.15) is 42.9 Å². The van der Waals surface area contributed by atoms with Crippen molar-refractivity contribution >= 4 is 68.8 Å². The van der Waals surface area contributed by atoms with Gasteiger partial charge in [0.05, 0.1) is 23.3 Å². The van der Waals surface area contributed by atoms with E-state index in [1.807, 2.05) is 106 Å². The number of carbonyl (C=O) groups is 4. The zero-order valence-corrected chi connectivity index (χ0v) is 41.1. The van der Waals surface area contributed by atoms with Gasteiger partial charge in [-0.3, -0.25) is 14.6 Å². The third kappa shape index (κ3) is 8.94. The highest BCUT2D eigenvalue weighted by atomic mass is 16.5. The minimum atomic E-state index is -1.25. The number of aromatic carboxylic acids is 1. The topological polar surface area (TPSA) is 177 Å². The molecule has 2 unspecified atom stereocenters. The van der Waals surface area contributed by atoms with E-state index in [1.54, 1.807) is 6.07 Å². The zero-order chi connectivity index (χ0) is 50.4. The number of nitrogens with one attached hydrogen (secondary N) is 2. The van der Waals surface area contributed by atoms with Gasteiger partial charge in [-0.25, -0.2) is 14.2 Å². The fourth-order valence-corrected chi connectivity index (χ4v) is 10.1. The van der Waals surface area contributed by atoms with Gasteiger partial charge >= 0.3 is 11.9 Å². The first-order valence-corrected chi connectivity index (χ1v) is 24.0. The van der Waals surface area contributed by atoms with Crippen LogP contribution in [-0.4, -0.2) is 93.7 Å². The maximum absolute atomic E-state index is 13.6. The van der Waals surface area contributed by atoms with Crippen LogP contribution in [0.5, 0.6) is 5.75 Å². The van der Waals surface area contributed by atoms with Crippen molar-refractivity contribution in [2.45, 2.75) is 69.6 Å². The van der Waals surface area contributed by atoms with Crippen molar-refractivity contribution in [1.29, 1.82) is 0 Å². The van der Waals surface area contributed by atoms with Gasteiger partial charge in [-0.15, -0.1) is 0 Å². The number of rotatable bonds is 15. The highest BCUT2D eigenvalue weighted by Crippen LogP contribution is 2.54. The molecule has 5 aromatic carbocycles. The van der Waals surface area contributed by atoms with E-state index in [-0.39, 0.29) is 23.5 Å². The molecule has 2 amide bonds. The van der Waals surface area contributed by atoms with Crippen molar-refractivity contribution in [3.63, 3.8) is 0 Å². The Labute approximate surface area is 412 Å². The Morgan fingerprint density at radius 2 is 1.63 bits per heavy atom. The molecule has 0 aromatic heterocycles. The second-order valence-electron chi connectivity index (χ2n) is 19.5. The number of amides is 2. The summed E-state index contributed by atoms with van der Waals surface area (Å²) < 4.78 is 15.2. The highest BCUT2D eigenvalue weighted by Gasteiger charge is 2.58. The highest BCUT2D eigenvalue weighted by molar-refractivity contribution is 6.09. The van der Waals surface area contributed by atoms with Crippen molar-refractivity contribution in [3.05, 3.63) is 137 Å². The number of benzene rings is 6. The van der Waals surface area contributed by atoms with E-state index in [0.29, 0.717) is 72.1 Å². The Kier molecular flexibility index (Phi) is 12.9. The Bertz CT molecular complexity index is 3350. The van der Waals surface area contributed by atoms with Crippen LogP contribution in [-0.2, 0) is 21.4 Å². The van der Waals surface area contributed by atoms with Gasteiger partial charge in [-0.05, 0) is 110 Å². The molecule has 1 spiro atoms. The Hall–Kier alpha value is -8.00. The number of unbranched alkanes of at least 4 members (excludes halogenated alkanes) is 1. The number of hydrogen-bond donors (Lipinski definition) is 4. The van der Waals surface area contributed by atoms with Crippen LogP contribution in [0.25, 0.3) is 44.2 Å². The van der Waals surface area contributed by atoms with Crippen LogP contribution < -0.4 is 35.1 Å². The van der Waals surface area contributed by atoms with Crippen LogP contribution in [0.1, 0.15) is 77.8 Å². The van der Waals surface area contributed by atoms with Crippen molar-refractivity contribution in [2.24, 2.45) is 4.99 Å². The van der Waals surface area contributed by atoms with Crippen LogP contribution in [0.15, 0.2) is 119 Å². The summed E-state index contributed by atoms with van der Waals surface area (Å²) in [7, 11) is 9.73. The molecule has 9 rings (SSSR count). The molecule has 2 atom stereocenters. The van der Waals surface area contributed by atoms with E-state index in [4.69, 9.17) is 14.1 Å². The minimum absolute atomic E-state index is 0.0105. The molecular formula is C57H59N6O8+. The average Bonchev–Trinajstić information content (AvgIpc) is 3.50. The number of carbonyl (C=O) groups excluding carboxylic acids is 2. The summed E-state index contributed by atoms with van der Waals surface area (Å²) in [5.41, 5.74) is 5.96. The molecule has 364 valence electrons. The number of fused-ring (bicyclic) bond motifs is 6. The molecule has 0 fully saturated rings. The molecule has 0 radical (unpaired) electrons. The number of hydrogen-bond acceptors (Lipinski definition) is 9.